The van der Waals surface area contributed by atoms with Crippen LogP contribution in [-0.2, 0) is 16.1 Å². The van der Waals surface area contributed by atoms with Crippen LogP contribution in [0.15, 0.2) is 24.4 Å². The molecule has 2 aliphatic heterocycles. The lowest BCUT2D eigenvalue weighted by Gasteiger charge is -2.42. The smallest absolute Gasteiger partial charge is 0.224 e. The number of piperidine rings is 2. The van der Waals surface area contributed by atoms with Crippen LogP contribution in [0.25, 0.3) is 0 Å². The number of aromatic nitrogens is 1. The van der Waals surface area contributed by atoms with Gasteiger partial charge in [-0.3, -0.25) is 14.7 Å². The third-order valence-electron chi connectivity index (χ3n) is 5.68. The summed E-state index contributed by atoms with van der Waals surface area (Å²) in [6.07, 6.45) is 6.28. The molecule has 26 heavy (non-hydrogen) atoms. The summed E-state index contributed by atoms with van der Waals surface area (Å²) in [5, 5.41) is 3.07. The van der Waals surface area contributed by atoms with E-state index in [0.29, 0.717) is 12.6 Å². The first kappa shape index (κ1) is 19.3. The summed E-state index contributed by atoms with van der Waals surface area (Å²) in [6, 6.07) is 6.42. The third kappa shape index (κ3) is 5.50. The molecule has 0 saturated carbocycles. The number of carbonyl (C=O) groups is 1. The van der Waals surface area contributed by atoms with Gasteiger partial charge in [-0.2, -0.15) is 0 Å². The highest BCUT2D eigenvalue weighted by Gasteiger charge is 2.31. The van der Waals surface area contributed by atoms with Crippen LogP contribution in [0.4, 0.5) is 0 Å². The number of ether oxygens (including phenoxy) is 1. The number of nitrogens with one attached hydrogen (secondary N) is 1. The van der Waals surface area contributed by atoms with Gasteiger partial charge in [0, 0.05) is 32.4 Å². The van der Waals surface area contributed by atoms with Crippen LogP contribution in [0.3, 0.4) is 0 Å². The Bertz CT molecular complexity index is 546. The molecular formula is C20H32N4O2. The van der Waals surface area contributed by atoms with Crippen molar-refractivity contribution in [1.29, 1.82) is 0 Å². The van der Waals surface area contributed by atoms with E-state index in [-0.39, 0.29) is 11.8 Å². The Kier molecular flexibility index (Phi) is 7.41. The summed E-state index contributed by atoms with van der Waals surface area (Å²) >= 11 is 0. The Morgan fingerprint density at radius 1 is 1.27 bits per heavy atom. The van der Waals surface area contributed by atoms with Gasteiger partial charge in [-0.05, 0) is 57.5 Å². The summed E-state index contributed by atoms with van der Waals surface area (Å²) in [4.78, 5) is 21.9. The van der Waals surface area contributed by atoms with Crippen LogP contribution in [0.2, 0.25) is 0 Å². The van der Waals surface area contributed by atoms with Gasteiger partial charge in [-0.15, -0.1) is 0 Å². The minimum absolute atomic E-state index is 0.110. The van der Waals surface area contributed by atoms with Crippen LogP contribution in [0, 0.1) is 5.92 Å². The monoisotopic (exact) mass is 360 g/mol. The molecule has 3 heterocycles. The molecule has 1 unspecified atom stereocenters. The van der Waals surface area contributed by atoms with Crippen molar-refractivity contribution in [2.24, 2.45) is 5.92 Å². The van der Waals surface area contributed by atoms with Crippen molar-refractivity contribution in [3.05, 3.63) is 30.1 Å². The number of amides is 1. The van der Waals surface area contributed by atoms with E-state index in [0.717, 1.165) is 57.9 Å². The van der Waals surface area contributed by atoms with Crippen molar-refractivity contribution in [3.63, 3.8) is 0 Å². The summed E-state index contributed by atoms with van der Waals surface area (Å²) in [5.74, 6) is 0.289. The highest BCUT2D eigenvalue weighted by molar-refractivity contribution is 5.78. The third-order valence-corrected chi connectivity index (χ3v) is 5.68. The maximum Gasteiger partial charge on any atom is 0.224 e. The molecule has 1 aromatic heterocycles. The molecule has 6 nitrogen and oxygen atoms in total. The molecule has 0 bridgehead atoms. The zero-order valence-electron chi connectivity index (χ0n) is 15.9. The first-order valence-electron chi connectivity index (χ1n) is 9.89. The van der Waals surface area contributed by atoms with Crippen LogP contribution in [0.5, 0.6) is 0 Å². The van der Waals surface area contributed by atoms with Crippen LogP contribution in [0.1, 0.15) is 31.4 Å². The second-order valence-electron chi connectivity index (χ2n) is 7.44. The number of carbonyl (C=O) groups excluding carboxylic acids is 1. The fourth-order valence-electron chi connectivity index (χ4n) is 4.11. The summed E-state index contributed by atoms with van der Waals surface area (Å²) in [6.45, 7) is 6.68. The lowest BCUT2D eigenvalue weighted by molar-refractivity contribution is -0.127. The van der Waals surface area contributed by atoms with Gasteiger partial charge in [-0.25, -0.2) is 0 Å². The second-order valence-corrected chi connectivity index (χ2v) is 7.44. The normalized spacial score (nSPS) is 23.0. The van der Waals surface area contributed by atoms with Gasteiger partial charge in [0.15, 0.2) is 0 Å². The van der Waals surface area contributed by atoms with Crippen molar-refractivity contribution >= 4 is 5.91 Å². The molecule has 1 aromatic rings. The number of methoxy groups -OCH3 is 1. The van der Waals surface area contributed by atoms with Crippen LogP contribution >= 0.6 is 0 Å². The first-order chi connectivity index (χ1) is 12.8. The molecule has 2 saturated heterocycles. The number of nitrogens with zero attached hydrogens (tertiary/aromatic N) is 3. The van der Waals surface area contributed by atoms with E-state index in [1.54, 1.807) is 13.3 Å². The van der Waals surface area contributed by atoms with Gasteiger partial charge in [-0.1, -0.05) is 6.07 Å². The van der Waals surface area contributed by atoms with E-state index in [4.69, 9.17) is 4.74 Å². The molecule has 2 aliphatic rings. The topological polar surface area (TPSA) is 57.7 Å². The van der Waals surface area contributed by atoms with E-state index in [9.17, 15) is 4.79 Å². The Hall–Kier alpha value is -1.50. The van der Waals surface area contributed by atoms with Crippen LogP contribution < -0.4 is 5.32 Å². The largest absolute Gasteiger partial charge is 0.383 e. The average molecular weight is 361 g/mol. The lowest BCUT2D eigenvalue weighted by Crippen LogP contribution is -2.51. The van der Waals surface area contributed by atoms with Gasteiger partial charge in [0.25, 0.3) is 0 Å². The molecule has 1 amide bonds. The molecule has 0 spiro atoms. The lowest BCUT2D eigenvalue weighted by atomic mass is 9.93. The predicted molar refractivity (Wildman–Crippen MR) is 102 cm³/mol. The summed E-state index contributed by atoms with van der Waals surface area (Å²) in [5.41, 5.74) is 0.914. The second kappa shape index (κ2) is 10.00. The zero-order valence-corrected chi connectivity index (χ0v) is 15.9. The summed E-state index contributed by atoms with van der Waals surface area (Å²) < 4.78 is 5.18. The minimum atomic E-state index is 0.110. The standard InChI is InChI=1S/C20H32N4O2/c1-26-14-13-23-11-7-19(8-12-23)24-10-4-5-17(16-24)20(25)22-15-18-6-2-3-9-21-18/h2-3,6,9,17,19H,4-5,7-8,10-16H2,1H3,(H,22,25). The SMILES string of the molecule is COCCN1CCC(N2CCCC(C(=O)NCc3ccccn3)C2)CC1. The Labute approximate surface area is 156 Å². The highest BCUT2D eigenvalue weighted by atomic mass is 16.5. The van der Waals surface area contributed by atoms with Crippen molar-refractivity contribution in [1.82, 2.24) is 20.1 Å². The molecule has 1 atom stereocenters. The van der Waals surface area contributed by atoms with Crippen molar-refractivity contribution in [3.8, 4) is 0 Å². The van der Waals surface area contributed by atoms with Gasteiger partial charge in [0.1, 0.15) is 0 Å². The molecule has 6 heteroatoms. The van der Waals surface area contributed by atoms with E-state index in [1.807, 2.05) is 18.2 Å². The van der Waals surface area contributed by atoms with Crippen LogP contribution in [-0.4, -0.2) is 73.2 Å². The minimum Gasteiger partial charge on any atom is -0.383 e. The maximum absolute atomic E-state index is 12.6. The fraction of sp³-hybridized carbons (Fsp3) is 0.700. The molecule has 144 valence electrons. The van der Waals surface area contributed by atoms with Gasteiger partial charge < -0.3 is 15.0 Å². The quantitative estimate of drug-likeness (QED) is 0.799. The molecule has 2 fully saturated rings. The molecule has 1 N–H and O–H groups in total. The van der Waals surface area contributed by atoms with E-state index >= 15 is 0 Å². The number of hydrogen-bond acceptors (Lipinski definition) is 5. The Morgan fingerprint density at radius 2 is 2.12 bits per heavy atom. The maximum atomic E-state index is 12.6. The predicted octanol–water partition coefficient (Wildman–Crippen LogP) is 1.52. The average Bonchev–Trinajstić information content (AvgIpc) is 2.71. The molecule has 0 aromatic carbocycles. The number of pyridine rings is 1. The molecule has 0 aliphatic carbocycles. The van der Waals surface area contributed by atoms with E-state index in [1.165, 1.54) is 12.8 Å². The fourth-order valence-corrected chi connectivity index (χ4v) is 4.11. The Balaban J connectivity index is 1.43. The van der Waals surface area contributed by atoms with Crippen molar-refractivity contribution in [2.45, 2.75) is 38.3 Å². The van der Waals surface area contributed by atoms with Crippen molar-refractivity contribution in [2.75, 3.05) is 46.4 Å². The number of hydrogen-bond donors (Lipinski definition) is 1. The molecule has 0 radical (unpaired) electrons. The van der Waals surface area contributed by atoms with Crippen molar-refractivity contribution < 1.29 is 9.53 Å². The Morgan fingerprint density at radius 3 is 2.85 bits per heavy atom. The zero-order chi connectivity index (χ0) is 18.2. The van der Waals surface area contributed by atoms with Gasteiger partial charge in [0.2, 0.25) is 5.91 Å². The van der Waals surface area contributed by atoms with E-state index < -0.39 is 0 Å². The van der Waals surface area contributed by atoms with Gasteiger partial charge >= 0.3 is 0 Å². The number of likely N-dealkylation sites (tertiary alicyclic amines) is 2. The molecular weight excluding hydrogens is 328 g/mol. The number of rotatable bonds is 7. The molecule has 3 rings (SSSR count). The van der Waals surface area contributed by atoms with E-state index in [2.05, 4.69) is 20.1 Å². The first-order valence-corrected chi connectivity index (χ1v) is 9.89. The summed E-state index contributed by atoms with van der Waals surface area (Å²) in [7, 11) is 1.76. The van der Waals surface area contributed by atoms with Gasteiger partial charge in [0.05, 0.1) is 24.8 Å². The highest BCUT2D eigenvalue weighted by Crippen LogP contribution is 2.24.